The third-order valence-electron chi connectivity index (χ3n) is 3.86. The molecule has 1 atom stereocenters. The Kier molecular flexibility index (Phi) is 5.52. The summed E-state index contributed by atoms with van der Waals surface area (Å²) in [4.78, 5) is 2.21. The molecule has 2 aromatic rings. The second kappa shape index (κ2) is 7.05. The first-order valence-corrected chi connectivity index (χ1v) is 9.12. The van der Waals surface area contributed by atoms with Crippen LogP contribution in [0.4, 0.5) is 0 Å². The monoisotopic (exact) mass is 355 g/mol. The number of rotatable bonds is 6. The van der Waals surface area contributed by atoms with Crippen LogP contribution in [0.3, 0.4) is 0 Å². The number of likely N-dealkylation sites (N-methyl/N-ethyl adjacent to an activating group) is 1. The quantitative estimate of drug-likeness (QED) is 0.866. The minimum atomic E-state index is -3.62. The summed E-state index contributed by atoms with van der Waals surface area (Å²) in [6, 6.07) is 8.74. The molecule has 0 fully saturated rings. The van der Waals surface area contributed by atoms with Gasteiger partial charge in [0.05, 0.1) is 10.9 Å². The molecule has 1 aromatic heterocycles. The normalized spacial score (nSPS) is 13.5. The summed E-state index contributed by atoms with van der Waals surface area (Å²) < 4.78 is 29.9. The molecule has 0 radical (unpaired) electrons. The Morgan fingerprint density at radius 2 is 2.00 bits per heavy atom. The molecular formula is C16H22ClN3O2S. The fourth-order valence-electron chi connectivity index (χ4n) is 2.50. The second-order valence-electron chi connectivity index (χ2n) is 5.79. The van der Waals surface area contributed by atoms with Crippen LogP contribution >= 0.6 is 11.6 Å². The zero-order valence-corrected chi connectivity index (χ0v) is 15.3. The molecule has 0 saturated heterocycles. The standard InChI is InChI=1S/C16H22ClN3O2S/c1-12-7-8-13(17)10-16(12)23(21,22)18-11-15(19(2)3)14-6-5-9-20(14)4/h5-10,15,18H,11H2,1-4H3. The minimum absolute atomic E-state index is 0.0655. The summed E-state index contributed by atoms with van der Waals surface area (Å²) in [5, 5.41) is 0.405. The number of nitrogens with zero attached hydrogens (tertiary/aromatic N) is 2. The lowest BCUT2D eigenvalue weighted by atomic mass is 10.2. The third kappa shape index (κ3) is 4.14. The van der Waals surface area contributed by atoms with Crippen molar-refractivity contribution in [3.8, 4) is 0 Å². The van der Waals surface area contributed by atoms with Crippen LogP contribution in [0.5, 0.6) is 0 Å². The van der Waals surface area contributed by atoms with Crippen LogP contribution in [0.15, 0.2) is 41.4 Å². The maximum absolute atomic E-state index is 12.6. The maximum Gasteiger partial charge on any atom is 0.240 e. The Morgan fingerprint density at radius 1 is 1.30 bits per heavy atom. The number of hydrogen-bond acceptors (Lipinski definition) is 3. The number of aryl methyl sites for hydroxylation is 2. The summed E-state index contributed by atoms with van der Waals surface area (Å²) in [5.41, 5.74) is 1.71. The molecule has 23 heavy (non-hydrogen) atoms. The van der Waals surface area contributed by atoms with E-state index in [2.05, 4.69) is 4.72 Å². The predicted molar refractivity (Wildman–Crippen MR) is 93.2 cm³/mol. The van der Waals surface area contributed by atoms with Crippen molar-refractivity contribution in [3.05, 3.63) is 52.8 Å². The molecule has 0 amide bonds. The van der Waals surface area contributed by atoms with Gasteiger partial charge in [0.2, 0.25) is 10.0 Å². The van der Waals surface area contributed by atoms with Crippen molar-refractivity contribution in [2.24, 2.45) is 7.05 Å². The van der Waals surface area contributed by atoms with Crippen molar-refractivity contribution in [3.63, 3.8) is 0 Å². The molecule has 7 heteroatoms. The molecule has 0 aliphatic carbocycles. The second-order valence-corrected chi connectivity index (χ2v) is 7.96. The van der Waals surface area contributed by atoms with Gasteiger partial charge >= 0.3 is 0 Å². The molecule has 1 unspecified atom stereocenters. The van der Waals surface area contributed by atoms with Crippen LogP contribution in [0, 0.1) is 6.92 Å². The highest BCUT2D eigenvalue weighted by atomic mass is 35.5. The third-order valence-corrected chi connectivity index (χ3v) is 5.66. The van der Waals surface area contributed by atoms with E-state index in [1.165, 1.54) is 6.07 Å². The van der Waals surface area contributed by atoms with E-state index in [0.717, 1.165) is 5.69 Å². The topological polar surface area (TPSA) is 54.3 Å². The highest BCUT2D eigenvalue weighted by molar-refractivity contribution is 7.89. The van der Waals surface area contributed by atoms with Gasteiger partial charge in [-0.05, 0) is 50.8 Å². The summed E-state index contributed by atoms with van der Waals surface area (Å²) in [7, 11) is 2.18. The van der Waals surface area contributed by atoms with E-state index in [4.69, 9.17) is 11.6 Å². The highest BCUT2D eigenvalue weighted by Crippen LogP contribution is 2.22. The van der Waals surface area contributed by atoms with Gasteiger partial charge in [0, 0.05) is 30.5 Å². The molecule has 1 N–H and O–H groups in total. The largest absolute Gasteiger partial charge is 0.353 e. The van der Waals surface area contributed by atoms with Crippen LogP contribution < -0.4 is 4.72 Å². The van der Waals surface area contributed by atoms with E-state index in [-0.39, 0.29) is 17.5 Å². The minimum Gasteiger partial charge on any atom is -0.353 e. The lowest BCUT2D eigenvalue weighted by Crippen LogP contribution is -2.35. The van der Waals surface area contributed by atoms with Gasteiger partial charge in [-0.15, -0.1) is 0 Å². The average Bonchev–Trinajstić information content (AvgIpc) is 2.87. The predicted octanol–water partition coefficient (Wildman–Crippen LogP) is 2.57. The molecule has 0 aliphatic rings. The summed E-state index contributed by atoms with van der Waals surface area (Å²) in [6.45, 7) is 2.03. The number of sulfonamides is 1. The van der Waals surface area contributed by atoms with Crippen LogP contribution in [0.25, 0.3) is 0 Å². The van der Waals surface area contributed by atoms with E-state index >= 15 is 0 Å². The molecule has 0 saturated carbocycles. The van der Waals surface area contributed by atoms with Crippen molar-refractivity contribution < 1.29 is 8.42 Å². The smallest absolute Gasteiger partial charge is 0.240 e. The average molecular weight is 356 g/mol. The van der Waals surface area contributed by atoms with Gasteiger partial charge in [-0.2, -0.15) is 0 Å². The Bertz CT molecular complexity index is 784. The van der Waals surface area contributed by atoms with Crippen LogP contribution in [0.2, 0.25) is 5.02 Å². The Morgan fingerprint density at radius 3 is 2.57 bits per heavy atom. The first-order valence-electron chi connectivity index (χ1n) is 7.26. The highest BCUT2D eigenvalue weighted by Gasteiger charge is 2.22. The molecule has 0 aliphatic heterocycles. The van der Waals surface area contributed by atoms with Gasteiger partial charge in [0.1, 0.15) is 0 Å². The number of aromatic nitrogens is 1. The maximum atomic E-state index is 12.6. The number of hydrogen-bond donors (Lipinski definition) is 1. The fourth-order valence-corrected chi connectivity index (χ4v) is 4.05. The lowest BCUT2D eigenvalue weighted by molar-refractivity contribution is 0.289. The fraction of sp³-hybridized carbons (Fsp3) is 0.375. The van der Waals surface area contributed by atoms with E-state index < -0.39 is 10.0 Å². The van der Waals surface area contributed by atoms with Gasteiger partial charge in [-0.1, -0.05) is 17.7 Å². The molecule has 1 aromatic carbocycles. The molecule has 0 spiro atoms. The van der Waals surface area contributed by atoms with Gasteiger partial charge in [0.15, 0.2) is 0 Å². The summed E-state index contributed by atoms with van der Waals surface area (Å²) in [5.74, 6) is 0. The number of nitrogens with one attached hydrogen (secondary N) is 1. The molecule has 2 rings (SSSR count). The van der Waals surface area contributed by atoms with Crippen molar-refractivity contribution in [2.75, 3.05) is 20.6 Å². The van der Waals surface area contributed by atoms with Crippen molar-refractivity contribution in [1.82, 2.24) is 14.2 Å². The van der Waals surface area contributed by atoms with Crippen LogP contribution in [0.1, 0.15) is 17.3 Å². The summed E-state index contributed by atoms with van der Waals surface area (Å²) >= 11 is 5.93. The zero-order valence-electron chi connectivity index (χ0n) is 13.7. The Hall–Kier alpha value is -1.34. The number of benzene rings is 1. The van der Waals surface area contributed by atoms with E-state index in [0.29, 0.717) is 10.6 Å². The van der Waals surface area contributed by atoms with Gasteiger partial charge in [-0.3, -0.25) is 4.90 Å². The number of halogens is 1. The molecule has 1 heterocycles. The molecular weight excluding hydrogens is 334 g/mol. The van der Waals surface area contributed by atoms with Crippen molar-refractivity contribution in [1.29, 1.82) is 0 Å². The molecule has 126 valence electrons. The van der Waals surface area contributed by atoms with Crippen molar-refractivity contribution in [2.45, 2.75) is 17.9 Å². The SMILES string of the molecule is Cc1ccc(Cl)cc1S(=O)(=O)NCC(c1cccn1C)N(C)C. The van der Waals surface area contributed by atoms with E-state index in [1.807, 2.05) is 48.9 Å². The van der Waals surface area contributed by atoms with Crippen molar-refractivity contribution >= 4 is 21.6 Å². The van der Waals surface area contributed by atoms with Crippen LogP contribution in [-0.2, 0) is 17.1 Å². The van der Waals surface area contributed by atoms with E-state index in [9.17, 15) is 8.42 Å². The molecule has 5 nitrogen and oxygen atoms in total. The van der Waals surface area contributed by atoms with Crippen LogP contribution in [-0.4, -0.2) is 38.5 Å². The van der Waals surface area contributed by atoms with Gasteiger partial charge < -0.3 is 4.57 Å². The Balaban J connectivity index is 2.23. The zero-order chi connectivity index (χ0) is 17.2. The Labute approximate surface area is 142 Å². The lowest BCUT2D eigenvalue weighted by Gasteiger charge is -2.25. The van der Waals surface area contributed by atoms with E-state index in [1.54, 1.807) is 19.1 Å². The van der Waals surface area contributed by atoms with Gasteiger partial charge in [0.25, 0.3) is 0 Å². The molecule has 0 bridgehead atoms. The summed E-state index contributed by atoms with van der Waals surface area (Å²) in [6.07, 6.45) is 1.95. The first kappa shape index (κ1) is 18.0. The first-order chi connectivity index (χ1) is 10.7. The van der Waals surface area contributed by atoms with Gasteiger partial charge in [-0.25, -0.2) is 13.1 Å².